The van der Waals surface area contributed by atoms with E-state index in [0.29, 0.717) is 29.4 Å². The molecule has 0 amide bonds. The fourth-order valence-electron chi connectivity index (χ4n) is 3.63. The summed E-state index contributed by atoms with van der Waals surface area (Å²) in [6.07, 6.45) is 3.71. The first-order valence-corrected chi connectivity index (χ1v) is 9.01. The fourth-order valence-corrected chi connectivity index (χ4v) is 3.63. The average molecular weight is 354 g/mol. The first-order chi connectivity index (χ1) is 12.5. The summed E-state index contributed by atoms with van der Waals surface area (Å²) in [5.41, 5.74) is 3.12. The van der Waals surface area contributed by atoms with Crippen molar-refractivity contribution in [1.29, 1.82) is 0 Å². The van der Waals surface area contributed by atoms with Gasteiger partial charge in [-0.15, -0.1) is 10.2 Å². The van der Waals surface area contributed by atoms with Crippen LogP contribution in [0.5, 0.6) is 0 Å². The Morgan fingerprint density at radius 1 is 1.15 bits per heavy atom. The molecule has 8 nitrogen and oxygen atoms in total. The van der Waals surface area contributed by atoms with E-state index in [-0.39, 0.29) is 5.56 Å². The van der Waals surface area contributed by atoms with E-state index < -0.39 is 0 Å². The lowest BCUT2D eigenvalue weighted by molar-refractivity contribution is 0.393. The van der Waals surface area contributed by atoms with E-state index in [4.69, 9.17) is 9.52 Å². The van der Waals surface area contributed by atoms with Crippen molar-refractivity contribution < 1.29 is 4.52 Å². The van der Waals surface area contributed by atoms with Gasteiger partial charge in [0, 0.05) is 13.0 Å². The molecule has 0 saturated carbocycles. The van der Waals surface area contributed by atoms with E-state index in [0.717, 1.165) is 48.5 Å². The zero-order valence-corrected chi connectivity index (χ0v) is 15.5. The van der Waals surface area contributed by atoms with Crippen molar-refractivity contribution >= 4 is 17.3 Å². The summed E-state index contributed by atoms with van der Waals surface area (Å²) < 4.78 is 8.90. The highest BCUT2D eigenvalue weighted by molar-refractivity contribution is 6.07. The minimum Gasteiger partial charge on any atom is -0.361 e. The minimum atomic E-state index is -0.0882. The number of unbranched alkanes of at least 4 members (excludes halogenated alkanes) is 2. The van der Waals surface area contributed by atoms with Crippen molar-refractivity contribution in [3.8, 4) is 0 Å². The highest BCUT2D eigenvalue weighted by atomic mass is 16.5. The van der Waals surface area contributed by atoms with Crippen LogP contribution >= 0.6 is 0 Å². The molecule has 4 rings (SSSR count). The molecule has 8 heteroatoms. The molecule has 3 aromatic heterocycles. The molecule has 0 radical (unpaired) electrons. The molecule has 4 heterocycles. The van der Waals surface area contributed by atoms with E-state index in [2.05, 4.69) is 22.3 Å². The standard InChI is InChI=1S/C18H22N6O2/c1-5-6-7-8-23-16-13(17(25)24-12(4)20-21-18(23)24)9-14(19-16)15-10(2)22-26-11(15)3/h5-9H2,1-4H3. The second kappa shape index (κ2) is 6.19. The SMILES string of the molecule is CCCCCn1c2c(c(=O)n3c(C)nnc13)CC(c1c(C)noc1C)=N2. The van der Waals surface area contributed by atoms with Crippen molar-refractivity contribution in [2.24, 2.45) is 4.99 Å². The summed E-state index contributed by atoms with van der Waals surface area (Å²) in [5, 5.41) is 12.4. The van der Waals surface area contributed by atoms with Gasteiger partial charge in [-0.3, -0.25) is 9.36 Å². The van der Waals surface area contributed by atoms with Crippen molar-refractivity contribution in [3.05, 3.63) is 38.8 Å². The third-order valence-electron chi connectivity index (χ3n) is 4.93. The number of rotatable bonds is 5. The molecule has 0 aliphatic carbocycles. The Hall–Kier alpha value is -2.77. The molecule has 1 aliphatic heterocycles. The molecule has 0 spiro atoms. The molecule has 0 bridgehead atoms. The maximum atomic E-state index is 13.0. The number of nitrogens with zero attached hydrogens (tertiary/aromatic N) is 6. The molecule has 0 unspecified atom stereocenters. The van der Waals surface area contributed by atoms with Crippen LogP contribution in [0, 0.1) is 20.8 Å². The van der Waals surface area contributed by atoms with Crippen LogP contribution in [0.3, 0.4) is 0 Å². The van der Waals surface area contributed by atoms with Crippen LogP contribution in [0.15, 0.2) is 14.3 Å². The molecule has 0 atom stereocenters. The van der Waals surface area contributed by atoms with E-state index in [1.54, 1.807) is 11.3 Å². The highest BCUT2D eigenvalue weighted by Crippen LogP contribution is 2.30. The van der Waals surface area contributed by atoms with Crippen LogP contribution in [-0.4, -0.2) is 30.0 Å². The normalized spacial score (nSPS) is 13.5. The molecule has 0 saturated heterocycles. The monoisotopic (exact) mass is 354 g/mol. The largest absolute Gasteiger partial charge is 0.361 e. The number of hydrogen-bond donors (Lipinski definition) is 0. The van der Waals surface area contributed by atoms with Gasteiger partial charge in [-0.1, -0.05) is 24.9 Å². The van der Waals surface area contributed by atoms with E-state index in [1.807, 2.05) is 18.4 Å². The van der Waals surface area contributed by atoms with Gasteiger partial charge in [-0.2, -0.15) is 0 Å². The quantitative estimate of drug-likeness (QED) is 0.657. The summed E-state index contributed by atoms with van der Waals surface area (Å²) >= 11 is 0. The predicted octanol–water partition coefficient (Wildman–Crippen LogP) is 2.67. The summed E-state index contributed by atoms with van der Waals surface area (Å²) in [5.74, 6) is 2.58. The van der Waals surface area contributed by atoms with Gasteiger partial charge in [0.2, 0.25) is 5.78 Å². The Balaban J connectivity index is 1.91. The predicted molar refractivity (Wildman–Crippen MR) is 97.4 cm³/mol. The molecule has 0 fully saturated rings. The molecule has 0 aromatic carbocycles. The van der Waals surface area contributed by atoms with Gasteiger partial charge < -0.3 is 4.52 Å². The molecule has 136 valence electrons. The first-order valence-electron chi connectivity index (χ1n) is 9.01. The second-order valence-corrected chi connectivity index (χ2v) is 6.78. The Morgan fingerprint density at radius 3 is 2.65 bits per heavy atom. The number of hydrogen-bond acceptors (Lipinski definition) is 6. The average Bonchev–Trinajstić information content (AvgIpc) is 3.29. The van der Waals surface area contributed by atoms with Crippen LogP contribution in [0.1, 0.15) is 54.6 Å². The molecule has 0 N–H and O–H groups in total. The van der Waals surface area contributed by atoms with Crippen LogP contribution < -0.4 is 5.56 Å². The van der Waals surface area contributed by atoms with Gasteiger partial charge in [0.25, 0.3) is 5.56 Å². The number of aromatic nitrogens is 5. The summed E-state index contributed by atoms with van der Waals surface area (Å²) in [6, 6.07) is 0. The molecule has 3 aromatic rings. The van der Waals surface area contributed by atoms with Gasteiger partial charge in [-0.25, -0.2) is 9.39 Å². The maximum absolute atomic E-state index is 13.0. The molecule has 26 heavy (non-hydrogen) atoms. The topological polar surface area (TPSA) is 90.6 Å². The van der Waals surface area contributed by atoms with Crippen LogP contribution in [0.25, 0.3) is 5.78 Å². The van der Waals surface area contributed by atoms with Crippen LogP contribution in [-0.2, 0) is 13.0 Å². The maximum Gasteiger partial charge on any atom is 0.266 e. The fraction of sp³-hybridized carbons (Fsp3) is 0.500. The molecular weight excluding hydrogens is 332 g/mol. The first kappa shape index (κ1) is 16.7. The molecular formula is C18H22N6O2. The van der Waals surface area contributed by atoms with E-state index in [1.165, 1.54) is 0 Å². The summed E-state index contributed by atoms with van der Waals surface area (Å²) in [7, 11) is 0. The van der Waals surface area contributed by atoms with Gasteiger partial charge in [0.15, 0.2) is 0 Å². The number of aryl methyl sites for hydroxylation is 4. The second-order valence-electron chi connectivity index (χ2n) is 6.78. The Bertz CT molecular complexity index is 1070. The summed E-state index contributed by atoms with van der Waals surface area (Å²) in [6.45, 7) is 8.49. The third-order valence-corrected chi connectivity index (χ3v) is 4.93. The van der Waals surface area contributed by atoms with Crippen LogP contribution in [0.4, 0.5) is 5.82 Å². The van der Waals surface area contributed by atoms with Crippen molar-refractivity contribution in [2.45, 2.75) is 59.9 Å². The van der Waals surface area contributed by atoms with Gasteiger partial charge in [0.05, 0.1) is 22.5 Å². The lowest BCUT2D eigenvalue weighted by Gasteiger charge is -2.12. The Labute approximate surface area is 150 Å². The number of aliphatic imine (C=N–C) groups is 1. The zero-order valence-electron chi connectivity index (χ0n) is 15.5. The Morgan fingerprint density at radius 2 is 1.96 bits per heavy atom. The highest BCUT2D eigenvalue weighted by Gasteiger charge is 2.28. The Kier molecular flexibility index (Phi) is 3.97. The van der Waals surface area contributed by atoms with Gasteiger partial charge in [0.1, 0.15) is 17.4 Å². The van der Waals surface area contributed by atoms with Crippen molar-refractivity contribution in [1.82, 2.24) is 24.3 Å². The minimum absolute atomic E-state index is 0.0882. The van der Waals surface area contributed by atoms with Gasteiger partial charge >= 0.3 is 0 Å². The lowest BCUT2D eigenvalue weighted by atomic mass is 10.0. The van der Waals surface area contributed by atoms with E-state index in [9.17, 15) is 4.79 Å². The number of fused-ring (bicyclic) bond motifs is 2. The van der Waals surface area contributed by atoms with Crippen molar-refractivity contribution in [3.63, 3.8) is 0 Å². The summed E-state index contributed by atoms with van der Waals surface area (Å²) in [4.78, 5) is 17.8. The molecule has 1 aliphatic rings. The smallest absolute Gasteiger partial charge is 0.266 e. The van der Waals surface area contributed by atoms with Crippen molar-refractivity contribution in [2.75, 3.05) is 0 Å². The zero-order chi connectivity index (χ0) is 18.4. The lowest BCUT2D eigenvalue weighted by Crippen LogP contribution is -2.23. The van der Waals surface area contributed by atoms with Crippen LogP contribution in [0.2, 0.25) is 0 Å². The van der Waals surface area contributed by atoms with Gasteiger partial charge in [-0.05, 0) is 27.2 Å². The third kappa shape index (κ3) is 2.40. The van der Waals surface area contributed by atoms with E-state index >= 15 is 0 Å².